The number of benzene rings is 1. The molecule has 0 spiro atoms. The monoisotopic (exact) mass is 360 g/mol. The maximum atomic E-state index is 12.5. The molecule has 23 heavy (non-hydrogen) atoms. The van der Waals surface area contributed by atoms with E-state index >= 15 is 0 Å². The molecule has 6 nitrogen and oxygen atoms in total. The zero-order valence-electron chi connectivity index (χ0n) is 13.0. The predicted octanol–water partition coefficient (Wildman–Crippen LogP) is 2.99. The van der Waals surface area contributed by atoms with Crippen LogP contribution in [0.3, 0.4) is 0 Å². The van der Waals surface area contributed by atoms with E-state index in [2.05, 4.69) is 5.43 Å². The van der Waals surface area contributed by atoms with Crippen LogP contribution in [0.4, 0.5) is 0 Å². The highest BCUT2D eigenvalue weighted by Gasteiger charge is 2.28. The van der Waals surface area contributed by atoms with Crippen LogP contribution in [0.1, 0.15) is 37.6 Å². The van der Waals surface area contributed by atoms with E-state index in [0.29, 0.717) is 5.01 Å². The van der Waals surface area contributed by atoms with Gasteiger partial charge in [-0.3, -0.25) is 14.4 Å². The Kier molecular flexibility index (Phi) is 7.00. The summed E-state index contributed by atoms with van der Waals surface area (Å²) in [6.07, 6.45) is 0.246. The molecular weight excluding hydrogens is 343 g/mol. The number of rotatable bonds is 6. The van der Waals surface area contributed by atoms with Crippen molar-refractivity contribution in [3.05, 3.63) is 33.8 Å². The van der Waals surface area contributed by atoms with Gasteiger partial charge in [0.25, 0.3) is 5.91 Å². The Morgan fingerprint density at radius 2 is 1.87 bits per heavy atom. The third kappa shape index (κ3) is 5.49. The molecule has 126 valence electrons. The predicted molar refractivity (Wildman–Crippen MR) is 87.3 cm³/mol. The van der Waals surface area contributed by atoms with Gasteiger partial charge in [0.2, 0.25) is 5.91 Å². The van der Waals surface area contributed by atoms with Crippen LogP contribution in [0.15, 0.2) is 18.2 Å². The van der Waals surface area contributed by atoms with Crippen LogP contribution in [-0.4, -0.2) is 33.9 Å². The van der Waals surface area contributed by atoms with Crippen LogP contribution in [0.2, 0.25) is 10.0 Å². The van der Waals surface area contributed by atoms with Gasteiger partial charge in [0.05, 0.1) is 10.6 Å². The van der Waals surface area contributed by atoms with Gasteiger partial charge >= 0.3 is 5.97 Å². The highest BCUT2D eigenvalue weighted by molar-refractivity contribution is 6.36. The standard InChI is InChI=1S/C15H18Cl2N2O4/c1-8(2)6-13(15(22)23)18-19(9(3)20)14(21)11-7-10(16)4-5-12(11)17/h4-5,7-8,13,18H,6H2,1-3H3,(H,22,23)/t13-/m1/s1. The number of aliphatic carboxylic acids is 1. The molecular formula is C15H18Cl2N2O4. The Labute approximate surface area is 144 Å². The van der Waals surface area contributed by atoms with Crippen LogP contribution in [0, 0.1) is 5.92 Å². The van der Waals surface area contributed by atoms with Crippen molar-refractivity contribution in [3.8, 4) is 0 Å². The lowest BCUT2D eigenvalue weighted by Crippen LogP contribution is -2.53. The number of carbonyl (C=O) groups excluding carboxylic acids is 2. The normalized spacial score (nSPS) is 12.1. The summed E-state index contributed by atoms with van der Waals surface area (Å²) in [7, 11) is 0. The van der Waals surface area contributed by atoms with Crippen molar-refractivity contribution in [2.24, 2.45) is 5.92 Å². The fourth-order valence-electron chi connectivity index (χ4n) is 1.91. The average Bonchev–Trinajstić information content (AvgIpc) is 2.44. The van der Waals surface area contributed by atoms with Gasteiger partial charge in [-0.25, -0.2) is 10.4 Å². The second-order valence-electron chi connectivity index (χ2n) is 5.43. The Hall–Kier alpha value is -1.63. The number of halogens is 2. The summed E-state index contributed by atoms with van der Waals surface area (Å²) in [6, 6.07) is 3.17. The number of carboxylic acid groups (broad SMARTS) is 1. The number of hydrazine groups is 1. The summed E-state index contributed by atoms with van der Waals surface area (Å²) in [6.45, 7) is 4.83. The second-order valence-corrected chi connectivity index (χ2v) is 6.28. The molecule has 2 amide bonds. The van der Waals surface area contributed by atoms with Crippen LogP contribution >= 0.6 is 23.2 Å². The van der Waals surface area contributed by atoms with Crippen LogP contribution in [0.5, 0.6) is 0 Å². The smallest absolute Gasteiger partial charge is 0.322 e. The Bertz CT molecular complexity index is 619. The van der Waals surface area contributed by atoms with Crippen LogP contribution < -0.4 is 5.43 Å². The highest BCUT2D eigenvalue weighted by atomic mass is 35.5. The number of carbonyl (C=O) groups is 3. The molecule has 0 saturated carbocycles. The summed E-state index contributed by atoms with van der Waals surface area (Å²) in [5, 5.41) is 10.3. The number of amides is 2. The summed E-state index contributed by atoms with van der Waals surface area (Å²) in [5.74, 6) is -2.52. The number of nitrogens with zero attached hydrogens (tertiary/aromatic N) is 1. The molecule has 0 aromatic heterocycles. The number of hydrogen-bond donors (Lipinski definition) is 2. The van der Waals surface area contributed by atoms with E-state index in [0.717, 1.165) is 6.92 Å². The molecule has 0 saturated heterocycles. The number of imide groups is 1. The minimum absolute atomic E-state index is 0.00977. The molecule has 1 atom stereocenters. The maximum Gasteiger partial charge on any atom is 0.322 e. The molecule has 0 fully saturated rings. The molecule has 0 aliphatic carbocycles. The molecule has 0 aliphatic rings. The first-order valence-corrected chi connectivity index (χ1v) is 7.68. The summed E-state index contributed by atoms with van der Waals surface area (Å²) >= 11 is 11.8. The Balaban J connectivity index is 3.10. The van der Waals surface area contributed by atoms with Gasteiger partial charge in [0, 0.05) is 11.9 Å². The molecule has 0 heterocycles. The van der Waals surface area contributed by atoms with Crippen molar-refractivity contribution in [2.75, 3.05) is 0 Å². The fourth-order valence-corrected chi connectivity index (χ4v) is 2.28. The first-order chi connectivity index (χ1) is 10.6. The maximum absolute atomic E-state index is 12.5. The van der Waals surface area contributed by atoms with Gasteiger partial charge in [0.15, 0.2) is 0 Å². The second kappa shape index (κ2) is 8.29. The third-order valence-electron chi connectivity index (χ3n) is 2.97. The van der Waals surface area contributed by atoms with E-state index in [1.165, 1.54) is 18.2 Å². The van der Waals surface area contributed by atoms with Crippen LogP contribution in [-0.2, 0) is 9.59 Å². The number of nitrogens with one attached hydrogen (secondary N) is 1. The SMILES string of the molecule is CC(=O)N(N[C@H](CC(C)C)C(=O)O)C(=O)c1cc(Cl)ccc1Cl. The summed E-state index contributed by atoms with van der Waals surface area (Å²) in [4.78, 5) is 35.6. The molecule has 2 N–H and O–H groups in total. The summed E-state index contributed by atoms with van der Waals surface area (Å²) in [5.41, 5.74) is 2.47. The van der Waals surface area contributed by atoms with E-state index in [-0.39, 0.29) is 27.9 Å². The van der Waals surface area contributed by atoms with Gasteiger partial charge in [-0.2, -0.15) is 0 Å². The minimum Gasteiger partial charge on any atom is -0.480 e. The molecule has 1 aromatic carbocycles. The molecule has 8 heteroatoms. The summed E-state index contributed by atoms with van der Waals surface area (Å²) < 4.78 is 0. The lowest BCUT2D eigenvalue weighted by molar-refractivity contribution is -0.142. The Morgan fingerprint density at radius 1 is 1.26 bits per heavy atom. The average molecular weight is 361 g/mol. The zero-order valence-corrected chi connectivity index (χ0v) is 14.5. The van der Waals surface area contributed by atoms with E-state index in [1.54, 1.807) is 0 Å². The highest BCUT2D eigenvalue weighted by Crippen LogP contribution is 2.22. The van der Waals surface area contributed by atoms with E-state index in [1.807, 2.05) is 13.8 Å². The van der Waals surface area contributed by atoms with Crippen molar-refractivity contribution in [1.29, 1.82) is 0 Å². The molecule has 0 unspecified atom stereocenters. The quantitative estimate of drug-likeness (QED) is 0.761. The minimum atomic E-state index is -1.16. The lowest BCUT2D eigenvalue weighted by Gasteiger charge is -2.25. The molecule has 1 rings (SSSR count). The van der Waals surface area contributed by atoms with Gasteiger partial charge in [-0.05, 0) is 30.5 Å². The molecule has 1 aromatic rings. The van der Waals surface area contributed by atoms with Crippen molar-refractivity contribution in [1.82, 2.24) is 10.4 Å². The van der Waals surface area contributed by atoms with Crippen molar-refractivity contribution < 1.29 is 19.5 Å². The first-order valence-electron chi connectivity index (χ1n) is 6.92. The van der Waals surface area contributed by atoms with Gasteiger partial charge < -0.3 is 5.11 Å². The van der Waals surface area contributed by atoms with Crippen LogP contribution in [0.25, 0.3) is 0 Å². The Morgan fingerprint density at radius 3 is 2.35 bits per heavy atom. The number of carboxylic acids is 1. The topological polar surface area (TPSA) is 86.7 Å². The van der Waals surface area contributed by atoms with E-state index in [9.17, 15) is 19.5 Å². The van der Waals surface area contributed by atoms with Gasteiger partial charge in [-0.1, -0.05) is 37.0 Å². The molecule has 0 radical (unpaired) electrons. The van der Waals surface area contributed by atoms with E-state index in [4.69, 9.17) is 23.2 Å². The van der Waals surface area contributed by atoms with Crippen molar-refractivity contribution in [3.63, 3.8) is 0 Å². The van der Waals surface area contributed by atoms with Crippen molar-refractivity contribution >= 4 is 41.0 Å². The lowest BCUT2D eigenvalue weighted by atomic mass is 10.0. The fraction of sp³-hybridized carbons (Fsp3) is 0.400. The third-order valence-corrected chi connectivity index (χ3v) is 3.53. The zero-order chi connectivity index (χ0) is 17.7. The molecule has 0 aliphatic heterocycles. The van der Waals surface area contributed by atoms with Crippen molar-refractivity contribution in [2.45, 2.75) is 33.2 Å². The number of hydrogen-bond acceptors (Lipinski definition) is 4. The van der Waals surface area contributed by atoms with E-state index < -0.39 is 23.8 Å². The first kappa shape index (κ1) is 19.4. The largest absolute Gasteiger partial charge is 0.480 e. The molecule has 0 bridgehead atoms. The van der Waals surface area contributed by atoms with Gasteiger partial charge in [0.1, 0.15) is 6.04 Å². The van der Waals surface area contributed by atoms with Gasteiger partial charge in [-0.15, -0.1) is 0 Å².